The molecule has 0 fully saturated rings. The maximum Gasteiger partial charge on any atom is 0.143 e. The molecule has 0 saturated carbocycles. The second kappa shape index (κ2) is 7.40. The maximum atomic E-state index is 5.47. The Labute approximate surface area is 111 Å². The Kier molecular flexibility index (Phi) is 6.17. The quantitative estimate of drug-likeness (QED) is 0.552. The zero-order valence-corrected chi connectivity index (χ0v) is 12.2. The summed E-state index contributed by atoms with van der Waals surface area (Å²) in [6.45, 7) is 10.5. The van der Waals surface area contributed by atoms with E-state index in [1.807, 2.05) is 6.07 Å². The normalized spacial score (nSPS) is 14.4. The van der Waals surface area contributed by atoms with Gasteiger partial charge in [-0.15, -0.1) is 0 Å². The molecule has 18 heavy (non-hydrogen) atoms. The average molecular weight is 249 g/mol. The van der Waals surface area contributed by atoms with Crippen molar-refractivity contribution in [2.45, 2.75) is 71.1 Å². The highest BCUT2D eigenvalue weighted by atomic mass is 16.5. The van der Waals surface area contributed by atoms with Crippen molar-refractivity contribution in [3.05, 3.63) is 24.1 Å². The molecule has 1 aromatic rings. The zero-order valence-electron chi connectivity index (χ0n) is 12.2. The number of hydrogen-bond donors (Lipinski definition) is 0. The standard InChI is InChI=1S/C16H27NO/c1-5-8-9-10-11-12-16(4,7-3)15-13-14(6-2)17-18-15/h6,13H,2,5,7-12H2,1,3-4H3. The molecule has 2 nitrogen and oxygen atoms in total. The highest BCUT2D eigenvalue weighted by molar-refractivity contribution is 5.41. The minimum Gasteiger partial charge on any atom is -0.360 e. The summed E-state index contributed by atoms with van der Waals surface area (Å²) in [5, 5.41) is 4.01. The first-order valence-electron chi connectivity index (χ1n) is 7.26. The number of nitrogens with zero attached hydrogens (tertiary/aromatic N) is 1. The van der Waals surface area contributed by atoms with Gasteiger partial charge in [-0.1, -0.05) is 64.6 Å². The van der Waals surface area contributed by atoms with E-state index in [0.29, 0.717) is 0 Å². The lowest BCUT2D eigenvalue weighted by atomic mass is 9.79. The molecule has 2 heteroatoms. The highest BCUT2D eigenvalue weighted by Crippen LogP contribution is 2.33. The summed E-state index contributed by atoms with van der Waals surface area (Å²) in [6.07, 6.45) is 10.6. The Balaban J connectivity index is 2.53. The van der Waals surface area contributed by atoms with Gasteiger partial charge in [-0.05, 0) is 18.9 Å². The van der Waals surface area contributed by atoms with Gasteiger partial charge in [0.25, 0.3) is 0 Å². The van der Waals surface area contributed by atoms with Crippen molar-refractivity contribution in [1.82, 2.24) is 5.16 Å². The summed E-state index contributed by atoms with van der Waals surface area (Å²) in [7, 11) is 0. The van der Waals surface area contributed by atoms with Crippen molar-refractivity contribution in [3.63, 3.8) is 0 Å². The van der Waals surface area contributed by atoms with Gasteiger partial charge in [0.05, 0.1) is 0 Å². The lowest BCUT2D eigenvalue weighted by Gasteiger charge is -2.24. The fraction of sp³-hybridized carbons (Fsp3) is 0.688. The largest absolute Gasteiger partial charge is 0.360 e. The van der Waals surface area contributed by atoms with Crippen LogP contribution in [0.5, 0.6) is 0 Å². The van der Waals surface area contributed by atoms with Crippen LogP contribution in [0.4, 0.5) is 0 Å². The predicted molar refractivity (Wildman–Crippen MR) is 77.6 cm³/mol. The third-order valence-corrected chi connectivity index (χ3v) is 3.94. The summed E-state index contributed by atoms with van der Waals surface area (Å²) in [4.78, 5) is 0. The van der Waals surface area contributed by atoms with Crippen LogP contribution in [0.15, 0.2) is 17.2 Å². The molecule has 1 atom stereocenters. The molecule has 0 aliphatic heterocycles. The maximum absolute atomic E-state index is 5.47. The number of unbranched alkanes of at least 4 members (excludes halogenated alkanes) is 4. The average Bonchev–Trinajstić information content (AvgIpc) is 2.87. The van der Waals surface area contributed by atoms with E-state index < -0.39 is 0 Å². The van der Waals surface area contributed by atoms with Gasteiger partial charge in [-0.2, -0.15) is 0 Å². The van der Waals surface area contributed by atoms with Gasteiger partial charge in [-0.3, -0.25) is 0 Å². The molecule has 0 spiro atoms. The number of hydrogen-bond acceptors (Lipinski definition) is 2. The molecule has 0 radical (unpaired) electrons. The Hall–Kier alpha value is -1.05. The molecular formula is C16H27NO. The van der Waals surface area contributed by atoms with E-state index in [4.69, 9.17) is 4.52 Å². The topological polar surface area (TPSA) is 26.0 Å². The molecule has 0 aliphatic carbocycles. The summed E-state index contributed by atoms with van der Waals surface area (Å²) in [6, 6.07) is 2.03. The molecule has 0 aliphatic rings. The van der Waals surface area contributed by atoms with Crippen molar-refractivity contribution >= 4 is 6.08 Å². The molecular weight excluding hydrogens is 222 g/mol. The van der Waals surface area contributed by atoms with Gasteiger partial charge in [0.15, 0.2) is 0 Å². The van der Waals surface area contributed by atoms with Gasteiger partial charge < -0.3 is 4.52 Å². The van der Waals surface area contributed by atoms with Gasteiger partial charge in [0.2, 0.25) is 0 Å². The molecule has 0 bridgehead atoms. The molecule has 1 rings (SSSR count). The van der Waals surface area contributed by atoms with Crippen LogP contribution < -0.4 is 0 Å². The van der Waals surface area contributed by atoms with E-state index in [2.05, 4.69) is 32.5 Å². The molecule has 1 unspecified atom stereocenters. The third kappa shape index (κ3) is 4.01. The molecule has 1 heterocycles. The van der Waals surface area contributed by atoms with Gasteiger partial charge >= 0.3 is 0 Å². The van der Waals surface area contributed by atoms with Gasteiger partial charge in [0, 0.05) is 11.5 Å². The zero-order chi connectivity index (χ0) is 13.4. The lowest BCUT2D eigenvalue weighted by Crippen LogP contribution is -2.20. The first kappa shape index (κ1) is 15.0. The predicted octanol–water partition coefficient (Wildman–Crippen LogP) is 5.35. The molecule has 0 saturated heterocycles. The SMILES string of the molecule is C=Cc1cc(C(C)(CC)CCCCCCC)on1. The summed E-state index contributed by atoms with van der Waals surface area (Å²) < 4.78 is 5.47. The van der Waals surface area contributed by atoms with Crippen LogP contribution in [0, 0.1) is 0 Å². The lowest BCUT2D eigenvalue weighted by molar-refractivity contribution is 0.275. The molecule has 102 valence electrons. The Morgan fingerprint density at radius 2 is 2.00 bits per heavy atom. The Morgan fingerprint density at radius 1 is 1.28 bits per heavy atom. The summed E-state index contributed by atoms with van der Waals surface area (Å²) >= 11 is 0. The number of rotatable bonds is 9. The third-order valence-electron chi connectivity index (χ3n) is 3.94. The van der Waals surface area contributed by atoms with Crippen molar-refractivity contribution in [1.29, 1.82) is 0 Å². The van der Waals surface area contributed by atoms with E-state index in [1.54, 1.807) is 6.08 Å². The fourth-order valence-corrected chi connectivity index (χ4v) is 2.26. The van der Waals surface area contributed by atoms with Crippen LogP contribution in [0.3, 0.4) is 0 Å². The van der Waals surface area contributed by atoms with E-state index in [1.165, 1.54) is 38.5 Å². The summed E-state index contributed by atoms with van der Waals surface area (Å²) in [5.41, 5.74) is 0.969. The second-order valence-corrected chi connectivity index (χ2v) is 5.40. The van der Waals surface area contributed by atoms with Gasteiger partial charge in [0.1, 0.15) is 11.5 Å². The van der Waals surface area contributed by atoms with Gasteiger partial charge in [-0.25, -0.2) is 0 Å². The molecule has 0 aromatic carbocycles. The molecule has 0 N–H and O–H groups in total. The Bertz CT molecular complexity index is 356. The van der Waals surface area contributed by atoms with E-state index in [-0.39, 0.29) is 5.41 Å². The van der Waals surface area contributed by atoms with Crippen LogP contribution in [0.2, 0.25) is 0 Å². The fourth-order valence-electron chi connectivity index (χ4n) is 2.26. The monoisotopic (exact) mass is 249 g/mol. The van der Waals surface area contributed by atoms with Crippen LogP contribution >= 0.6 is 0 Å². The van der Waals surface area contributed by atoms with E-state index in [9.17, 15) is 0 Å². The first-order chi connectivity index (χ1) is 8.66. The first-order valence-corrected chi connectivity index (χ1v) is 7.26. The van der Waals surface area contributed by atoms with Crippen molar-refractivity contribution in [2.75, 3.05) is 0 Å². The highest BCUT2D eigenvalue weighted by Gasteiger charge is 2.28. The van der Waals surface area contributed by atoms with Crippen LogP contribution in [0.1, 0.15) is 77.2 Å². The summed E-state index contributed by atoms with van der Waals surface area (Å²) in [5.74, 6) is 1.01. The van der Waals surface area contributed by atoms with Crippen LogP contribution in [0.25, 0.3) is 6.08 Å². The van der Waals surface area contributed by atoms with Crippen LogP contribution in [-0.4, -0.2) is 5.16 Å². The van der Waals surface area contributed by atoms with Crippen LogP contribution in [-0.2, 0) is 5.41 Å². The van der Waals surface area contributed by atoms with E-state index in [0.717, 1.165) is 17.9 Å². The minimum atomic E-state index is 0.125. The Morgan fingerprint density at radius 3 is 2.56 bits per heavy atom. The van der Waals surface area contributed by atoms with Crippen molar-refractivity contribution in [2.24, 2.45) is 0 Å². The van der Waals surface area contributed by atoms with Crippen molar-refractivity contribution < 1.29 is 4.52 Å². The minimum absolute atomic E-state index is 0.125. The van der Waals surface area contributed by atoms with E-state index >= 15 is 0 Å². The molecule has 1 aromatic heterocycles. The number of aromatic nitrogens is 1. The molecule has 0 amide bonds. The smallest absolute Gasteiger partial charge is 0.143 e. The second-order valence-electron chi connectivity index (χ2n) is 5.40. The van der Waals surface area contributed by atoms with Crippen molar-refractivity contribution in [3.8, 4) is 0 Å².